The van der Waals surface area contributed by atoms with Gasteiger partial charge in [0.25, 0.3) is 5.91 Å². The highest BCUT2D eigenvalue weighted by Gasteiger charge is 2.22. The van der Waals surface area contributed by atoms with Crippen LogP contribution in [-0.4, -0.2) is 51.9 Å². The standard InChI is InChI=1S/C18H20N4O4S3/c1-3-6-19-15(24)9-27-17-21-22-18(29-17)28-10(2)16(25)11-4-5-13-12(7-11)20-14(23)8-26-13/h4-5,7,10H,3,6,8-9H2,1-2H3,(H,19,24)(H,20,23). The molecule has 2 amide bonds. The molecule has 0 saturated carbocycles. The van der Waals surface area contributed by atoms with E-state index in [1.807, 2.05) is 6.92 Å². The van der Waals surface area contributed by atoms with Gasteiger partial charge in [0.05, 0.1) is 16.7 Å². The van der Waals surface area contributed by atoms with Gasteiger partial charge in [0, 0.05) is 12.1 Å². The minimum Gasteiger partial charge on any atom is -0.482 e. The van der Waals surface area contributed by atoms with Crippen LogP contribution in [0.15, 0.2) is 26.9 Å². The van der Waals surface area contributed by atoms with Crippen LogP contribution in [0.1, 0.15) is 30.6 Å². The molecule has 0 spiro atoms. The monoisotopic (exact) mass is 452 g/mol. The van der Waals surface area contributed by atoms with Crippen LogP contribution in [-0.2, 0) is 9.59 Å². The summed E-state index contributed by atoms with van der Waals surface area (Å²) in [5.74, 6) is 0.479. The molecule has 0 fully saturated rings. The summed E-state index contributed by atoms with van der Waals surface area (Å²) in [5, 5.41) is 13.3. The van der Waals surface area contributed by atoms with Crippen molar-refractivity contribution in [1.29, 1.82) is 0 Å². The van der Waals surface area contributed by atoms with E-state index in [2.05, 4.69) is 20.8 Å². The van der Waals surface area contributed by atoms with Crippen molar-refractivity contribution in [1.82, 2.24) is 15.5 Å². The molecule has 0 saturated heterocycles. The Labute approximate surface area is 180 Å². The number of carbonyl (C=O) groups is 3. The minimum atomic E-state index is -0.382. The predicted octanol–water partition coefficient (Wildman–Crippen LogP) is 2.85. The normalized spacial score (nSPS) is 13.8. The summed E-state index contributed by atoms with van der Waals surface area (Å²) >= 11 is 4.00. The summed E-state index contributed by atoms with van der Waals surface area (Å²) in [7, 11) is 0. The fraction of sp³-hybridized carbons (Fsp3) is 0.389. The number of thioether (sulfide) groups is 2. The average molecular weight is 453 g/mol. The number of hydrogen-bond acceptors (Lipinski definition) is 9. The SMILES string of the molecule is CCCNC(=O)CSc1nnc(SC(C)C(=O)c2ccc3c(c2)NC(=O)CO3)s1. The second-order valence-corrected chi connectivity index (χ2v) is 9.93. The van der Waals surface area contributed by atoms with Crippen LogP contribution < -0.4 is 15.4 Å². The number of nitrogens with one attached hydrogen (secondary N) is 2. The lowest BCUT2D eigenvalue weighted by Gasteiger charge is -2.18. The molecular formula is C18H20N4O4S3. The number of amides is 2. The van der Waals surface area contributed by atoms with Crippen LogP contribution in [0.3, 0.4) is 0 Å². The molecule has 1 atom stereocenters. The molecular weight excluding hydrogens is 432 g/mol. The van der Waals surface area contributed by atoms with E-state index in [0.29, 0.717) is 32.2 Å². The molecule has 1 aliphatic rings. The van der Waals surface area contributed by atoms with Gasteiger partial charge in [0.1, 0.15) is 5.75 Å². The quantitative estimate of drug-likeness (QED) is 0.441. The van der Waals surface area contributed by atoms with Crippen molar-refractivity contribution in [3.63, 3.8) is 0 Å². The first kappa shape index (κ1) is 21.6. The third-order valence-corrected chi connectivity index (χ3v) is 7.07. The van der Waals surface area contributed by atoms with Gasteiger partial charge in [-0.15, -0.1) is 10.2 Å². The summed E-state index contributed by atoms with van der Waals surface area (Å²) in [6, 6.07) is 5.00. The summed E-state index contributed by atoms with van der Waals surface area (Å²) < 4.78 is 6.67. The van der Waals surface area contributed by atoms with Crippen LogP contribution in [0.5, 0.6) is 5.75 Å². The number of benzene rings is 1. The Hall–Kier alpha value is -2.11. The Morgan fingerprint density at radius 1 is 1.34 bits per heavy atom. The Kier molecular flexibility index (Phi) is 7.51. The van der Waals surface area contributed by atoms with Gasteiger partial charge < -0.3 is 15.4 Å². The second kappa shape index (κ2) is 10.1. The van der Waals surface area contributed by atoms with E-state index < -0.39 is 0 Å². The smallest absolute Gasteiger partial charge is 0.262 e. The van der Waals surface area contributed by atoms with E-state index in [1.165, 1.54) is 34.9 Å². The molecule has 29 heavy (non-hydrogen) atoms. The molecule has 8 nitrogen and oxygen atoms in total. The van der Waals surface area contributed by atoms with Crippen molar-refractivity contribution in [3.05, 3.63) is 23.8 Å². The number of ketones is 1. The average Bonchev–Trinajstić information content (AvgIpc) is 3.16. The third kappa shape index (κ3) is 5.94. The number of carbonyl (C=O) groups excluding carboxylic acids is 3. The molecule has 0 radical (unpaired) electrons. The lowest BCUT2D eigenvalue weighted by Crippen LogP contribution is -2.25. The Morgan fingerprint density at radius 3 is 2.93 bits per heavy atom. The number of fused-ring (bicyclic) bond motifs is 1. The van der Waals surface area contributed by atoms with Crippen LogP contribution in [0.25, 0.3) is 0 Å². The molecule has 2 heterocycles. The van der Waals surface area contributed by atoms with Crippen molar-refractivity contribution >= 4 is 58.1 Å². The molecule has 1 aromatic carbocycles. The Morgan fingerprint density at radius 2 is 2.14 bits per heavy atom. The van der Waals surface area contributed by atoms with E-state index >= 15 is 0 Å². The van der Waals surface area contributed by atoms with E-state index in [0.717, 1.165) is 6.42 Å². The van der Waals surface area contributed by atoms with Crippen LogP contribution in [0, 0.1) is 0 Å². The van der Waals surface area contributed by atoms with Crippen molar-refractivity contribution in [2.75, 3.05) is 24.2 Å². The van der Waals surface area contributed by atoms with E-state index in [1.54, 1.807) is 25.1 Å². The second-order valence-electron chi connectivity index (χ2n) is 6.14. The lowest BCUT2D eigenvalue weighted by molar-refractivity contribution is -0.119. The Balaban J connectivity index is 1.56. The first-order chi connectivity index (χ1) is 14.0. The number of anilines is 1. The van der Waals surface area contributed by atoms with Crippen molar-refractivity contribution in [2.45, 2.75) is 34.2 Å². The zero-order valence-corrected chi connectivity index (χ0v) is 18.3. The predicted molar refractivity (Wildman–Crippen MR) is 114 cm³/mol. The molecule has 2 aromatic rings. The lowest BCUT2D eigenvalue weighted by atomic mass is 10.1. The highest BCUT2D eigenvalue weighted by atomic mass is 32.2. The largest absolute Gasteiger partial charge is 0.482 e. The van der Waals surface area contributed by atoms with Crippen molar-refractivity contribution < 1.29 is 19.1 Å². The van der Waals surface area contributed by atoms with Crippen LogP contribution in [0.2, 0.25) is 0 Å². The first-order valence-corrected chi connectivity index (χ1v) is 11.6. The highest BCUT2D eigenvalue weighted by Crippen LogP contribution is 2.34. The van der Waals surface area contributed by atoms with Gasteiger partial charge in [-0.2, -0.15) is 0 Å². The molecule has 1 aromatic heterocycles. The summed E-state index contributed by atoms with van der Waals surface area (Å²) in [6.07, 6.45) is 0.894. The van der Waals surface area contributed by atoms with Crippen LogP contribution in [0.4, 0.5) is 5.69 Å². The van der Waals surface area contributed by atoms with E-state index in [-0.39, 0.29) is 35.2 Å². The third-order valence-electron chi connectivity index (χ3n) is 3.83. The van der Waals surface area contributed by atoms with Crippen molar-refractivity contribution in [3.8, 4) is 5.75 Å². The summed E-state index contributed by atoms with van der Waals surface area (Å²) in [6.45, 7) is 4.44. The topological polar surface area (TPSA) is 110 Å². The number of hydrogen-bond donors (Lipinski definition) is 2. The van der Waals surface area contributed by atoms with Gasteiger partial charge in [-0.05, 0) is 31.5 Å². The van der Waals surface area contributed by atoms with Crippen molar-refractivity contribution in [2.24, 2.45) is 0 Å². The number of rotatable bonds is 9. The molecule has 3 rings (SSSR count). The highest BCUT2D eigenvalue weighted by molar-refractivity contribution is 8.04. The number of Topliss-reactive ketones (excluding diaryl/α,β-unsaturated/α-hetero) is 1. The van der Waals surface area contributed by atoms with Gasteiger partial charge in [-0.25, -0.2) is 0 Å². The van der Waals surface area contributed by atoms with Crippen LogP contribution >= 0.6 is 34.9 Å². The molecule has 2 N–H and O–H groups in total. The van der Waals surface area contributed by atoms with Gasteiger partial charge >= 0.3 is 0 Å². The van der Waals surface area contributed by atoms with Gasteiger partial charge in [0.15, 0.2) is 21.1 Å². The number of aromatic nitrogens is 2. The Bertz CT molecular complexity index is 918. The van der Waals surface area contributed by atoms with Gasteiger partial charge in [-0.3, -0.25) is 14.4 Å². The fourth-order valence-electron chi connectivity index (χ4n) is 2.42. The summed E-state index contributed by atoms with van der Waals surface area (Å²) in [4.78, 5) is 35.9. The zero-order chi connectivity index (χ0) is 20.8. The molecule has 154 valence electrons. The molecule has 1 aliphatic heterocycles. The zero-order valence-electron chi connectivity index (χ0n) is 15.9. The summed E-state index contributed by atoms with van der Waals surface area (Å²) in [5.41, 5.74) is 0.988. The van der Waals surface area contributed by atoms with Gasteiger partial charge in [0.2, 0.25) is 5.91 Å². The first-order valence-electron chi connectivity index (χ1n) is 8.97. The maximum Gasteiger partial charge on any atom is 0.262 e. The molecule has 0 aliphatic carbocycles. The minimum absolute atomic E-state index is 0.0236. The number of nitrogens with zero attached hydrogens (tertiary/aromatic N) is 2. The maximum atomic E-state index is 12.8. The van der Waals surface area contributed by atoms with E-state index in [4.69, 9.17) is 4.74 Å². The number of ether oxygens (including phenoxy) is 1. The van der Waals surface area contributed by atoms with E-state index in [9.17, 15) is 14.4 Å². The molecule has 0 bridgehead atoms. The molecule has 11 heteroatoms. The van der Waals surface area contributed by atoms with Gasteiger partial charge in [-0.1, -0.05) is 41.8 Å². The fourth-order valence-corrected chi connectivity index (χ4v) is 5.49. The maximum absolute atomic E-state index is 12.8. The molecule has 1 unspecified atom stereocenters.